The van der Waals surface area contributed by atoms with E-state index in [9.17, 15) is 24.3 Å². The zero-order chi connectivity index (χ0) is 30.0. The SMILES string of the molecule is CC(=O)O[C@H]1[C@H](OC(C)=O)[C@]2(C)O[C@]3(CC[C@]2(C)[C@H]2[C@H](OC(=O)c4ccccc4)C=C[C@](C)(O)[C@]12C)COC(=O)C3. The van der Waals surface area contributed by atoms with Crippen LogP contribution in [0.3, 0.4) is 0 Å². The smallest absolute Gasteiger partial charge is 0.338 e. The van der Waals surface area contributed by atoms with Gasteiger partial charge in [-0.15, -0.1) is 0 Å². The van der Waals surface area contributed by atoms with Gasteiger partial charge in [0.25, 0.3) is 0 Å². The predicted molar refractivity (Wildman–Crippen MR) is 143 cm³/mol. The van der Waals surface area contributed by atoms with Gasteiger partial charge in [-0.3, -0.25) is 14.4 Å². The molecule has 1 saturated carbocycles. The van der Waals surface area contributed by atoms with Crippen molar-refractivity contribution < 1.29 is 48.0 Å². The molecule has 0 radical (unpaired) electrons. The Labute approximate surface area is 239 Å². The summed E-state index contributed by atoms with van der Waals surface area (Å²) in [4.78, 5) is 50.8. The number of hydrogen-bond acceptors (Lipinski definition) is 10. The summed E-state index contributed by atoms with van der Waals surface area (Å²) in [7, 11) is 0. The number of carbonyl (C=O) groups excluding carboxylic acids is 4. The summed E-state index contributed by atoms with van der Waals surface area (Å²) < 4.78 is 30.2. The van der Waals surface area contributed by atoms with Crippen LogP contribution in [0.5, 0.6) is 0 Å². The molecule has 10 heteroatoms. The molecule has 1 aromatic carbocycles. The third-order valence-corrected chi connectivity index (χ3v) is 10.2. The number of hydrogen-bond donors (Lipinski definition) is 1. The maximum Gasteiger partial charge on any atom is 0.338 e. The number of aliphatic hydroxyl groups is 1. The largest absolute Gasteiger partial charge is 0.463 e. The molecule has 1 aromatic rings. The fourth-order valence-electron chi connectivity index (χ4n) is 7.91. The van der Waals surface area contributed by atoms with Gasteiger partial charge in [0.2, 0.25) is 0 Å². The molecule has 2 heterocycles. The van der Waals surface area contributed by atoms with Crippen LogP contribution in [0.1, 0.15) is 71.2 Å². The molecule has 0 unspecified atom stereocenters. The summed E-state index contributed by atoms with van der Waals surface area (Å²) in [6.07, 6.45) is 0.881. The molecular weight excluding hydrogens is 532 g/mol. The van der Waals surface area contributed by atoms with E-state index < -0.39 is 75.7 Å². The first kappa shape index (κ1) is 29.3. The fourth-order valence-corrected chi connectivity index (χ4v) is 7.91. The Morgan fingerprint density at radius 1 is 0.927 bits per heavy atom. The van der Waals surface area contributed by atoms with Crippen LogP contribution in [0, 0.1) is 16.7 Å². The highest BCUT2D eigenvalue weighted by Crippen LogP contribution is 2.69. The topological polar surface area (TPSA) is 135 Å². The quantitative estimate of drug-likeness (QED) is 0.326. The van der Waals surface area contributed by atoms with Crippen molar-refractivity contribution in [2.45, 2.75) is 95.9 Å². The molecule has 9 atom stereocenters. The monoisotopic (exact) mass is 570 g/mol. The van der Waals surface area contributed by atoms with Crippen LogP contribution in [-0.4, -0.2) is 70.7 Å². The van der Waals surface area contributed by atoms with Crippen LogP contribution in [-0.2, 0) is 38.1 Å². The lowest BCUT2D eigenvalue weighted by atomic mass is 9.40. The molecule has 222 valence electrons. The minimum Gasteiger partial charge on any atom is -0.463 e. The molecule has 3 fully saturated rings. The van der Waals surface area contributed by atoms with E-state index in [-0.39, 0.29) is 13.0 Å². The van der Waals surface area contributed by atoms with E-state index in [1.54, 1.807) is 63.3 Å². The van der Waals surface area contributed by atoms with Crippen molar-refractivity contribution >= 4 is 23.9 Å². The second-order valence-electron chi connectivity index (χ2n) is 12.7. The number of rotatable bonds is 4. The molecule has 41 heavy (non-hydrogen) atoms. The Balaban J connectivity index is 1.70. The predicted octanol–water partition coefficient (Wildman–Crippen LogP) is 3.29. The van der Waals surface area contributed by atoms with Gasteiger partial charge in [-0.05, 0) is 44.9 Å². The summed E-state index contributed by atoms with van der Waals surface area (Å²) in [5, 5.41) is 12.0. The Hall–Kier alpha value is -3.24. The van der Waals surface area contributed by atoms with Crippen molar-refractivity contribution in [1.29, 1.82) is 0 Å². The lowest BCUT2D eigenvalue weighted by molar-refractivity contribution is -0.366. The molecule has 2 aliphatic carbocycles. The minimum atomic E-state index is -1.59. The molecule has 0 amide bonds. The van der Waals surface area contributed by atoms with E-state index in [4.69, 9.17) is 23.7 Å². The van der Waals surface area contributed by atoms with Crippen molar-refractivity contribution in [3.63, 3.8) is 0 Å². The molecule has 2 aliphatic heterocycles. The van der Waals surface area contributed by atoms with Gasteiger partial charge in [-0.25, -0.2) is 4.79 Å². The second kappa shape index (κ2) is 9.66. The van der Waals surface area contributed by atoms with E-state index in [0.717, 1.165) is 0 Å². The van der Waals surface area contributed by atoms with Gasteiger partial charge >= 0.3 is 23.9 Å². The first-order valence-electron chi connectivity index (χ1n) is 14.0. The van der Waals surface area contributed by atoms with Gasteiger partial charge in [-0.2, -0.15) is 0 Å². The van der Waals surface area contributed by atoms with E-state index >= 15 is 0 Å². The minimum absolute atomic E-state index is 0.0235. The van der Waals surface area contributed by atoms with Gasteiger partial charge in [0.05, 0.1) is 17.6 Å². The molecule has 0 bridgehead atoms. The van der Waals surface area contributed by atoms with E-state index in [0.29, 0.717) is 18.4 Å². The van der Waals surface area contributed by atoms with Gasteiger partial charge in [-0.1, -0.05) is 38.1 Å². The number of benzene rings is 1. The van der Waals surface area contributed by atoms with Crippen molar-refractivity contribution in [3.8, 4) is 0 Å². The van der Waals surface area contributed by atoms with Crippen LogP contribution in [0.15, 0.2) is 42.5 Å². The Morgan fingerprint density at radius 3 is 2.15 bits per heavy atom. The second-order valence-corrected chi connectivity index (χ2v) is 12.7. The highest BCUT2D eigenvalue weighted by atomic mass is 16.6. The third kappa shape index (κ3) is 4.37. The van der Waals surface area contributed by atoms with Crippen molar-refractivity contribution in [3.05, 3.63) is 48.0 Å². The van der Waals surface area contributed by atoms with Gasteiger partial charge < -0.3 is 28.8 Å². The molecule has 10 nitrogen and oxygen atoms in total. The van der Waals surface area contributed by atoms with Crippen LogP contribution in [0.2, 0.25) is 0 Å². The third-order valence-electron chi connectivity index (χ3n) is 10.2. The van der Waals surface area contributed by atoms with Crippen molar-refractivity contribution in [2.75, 3.05) is 6.61 Å². The van der Waals surface area contributed by atoms with Crippen LogP contribution in [0.4, 0.5) is 0 Å². The van der Waals surface area contributed by atoms with Gasteiger partial charge in [0, 0.05) is 30.6 Å². The Morgan fingerprint density at radius 2 is 1.56 bits per heavy atom. The van der Waals surface area contributed by atoms with Crippen LogP contribution in [0.25, 0.3) is 0 Å². The zero-order valence-corrected chi connectivity index (χ0v) is 24.3. The summed E-state index contributed by atoms with van der Waals surface area (Å²) in [5.74, 6) is -2.90. The number of cyclic esters (lactones) is 1. The van der Waals surface area contributed by atoms with Crippen molar-refractivity contribution in [1.82, 2.24) is 0 Å². The zero-order valence-electron chi connectivity index (χ0n) is 24.3. The number of fused-ring (bicyclic) bond motifs is 3. The summed E-state index contributed by atoms with van der Waals surface area (Å²) in [6, 6.07) is 8.58. The maximum atomic E-state index is 13.3. The van der Waals surface area contributed by atoms with Crippen LogP contribution >= 0.6 is 0 Å². The van der Waals surface area contributed by atoms with E-state index in [2.05, 4.69) is 0 Å². The van der Waals surface area contributed by atoms with Crippen molar-refractivity contribution in [2.24, 2.45) is 16.7 Å². The highest BCUT2D eigenvalue weighted by molar-refractivity contribution is 5.89. The highest BCUT2D eigenvalue weighted by Gasteiger charge is 2.78. The van der Waals surface area contributed by atoms with E-state index in [1.165, 1.54) is 13.8 Å². The maximum absolute atomic E-state index is 13.3. The molecule has 0 aromatic heterocycles. The first-order valence-corrected chi connectivity index (χ1v) is 14.0. The molecule has 4 aliphatic rings. The van der Waals surface area contributed by atoms with E-state index in [1.807, 2.05) is 6.92 Å². The molecule has 1 N–H and O–H groups in total. The lowest BCUT2D eigenvalue weighted by Gasteiger charge is -2.71. The Kier molecular flexibility index (Phi) is 6.89. The summed E-state index contributed by atoms with van der Waals surface area (Å²) in [6.45, 7) is 9.65. The van der Waals surface area contributed by atoms with Gasteiger partial charge in [0.1, 0.15) is 23.9 Å². The number of carbonyl (C=O) groups is 4. The molecule has 1 spiro atoms. The fraction of sp³-hybridized carbons (Fsp3) is 0.613. The molecule has 2 saturated heterocycles. The summed E-state index contributed by atoms with van der Waals surface area (Å²) in [5.41, 5.74) is -5.79. The normalized spacial score (nSPS) is 43.0. The first-order chi connectivity index (χ1) is 19.1. The summed E-state index contributed by atoms with van der Waals surface area (Å²) >= 11 is 0. The van der Waals surface area contributed by atoms with Crippen LogP contribution < -0.4 is 0 Å². The average Bonchev–Trinajstić information content (AvgIpc) is 3.25. The lowest BCUT2D eigenvalue weighted by Crippen LogP contribution is -2.81. The molecule has 5 rings (SSSR count). The molecular formula is C31H38O10. The van der Waals surface area contributed by atoms with Gasteiger partial charge in [0.15, 0.2) is 12.2 Å². The standard InChI is InChI=1S/C31H38O10/c1-18(32)38-24-25(39-19(2)33)30(6)27(3,14-15-31(41-30)16-22(34)37-17-31)23-21(12-13-28(4,36)29(23,24)5)40-26(35)20-10-8-7-9-11-20/h7-13,21,23-25,36H,14-17H2,1-6H3/t21-,23-,24+,25+,27-,28+,29+,30+,31+/m1/s1. The average molecular weight is 571 g/mol. The number of esters is 4. The Bertz CT molecular complexity index is 1290. The number of ether oxygens (including phenoxy) is 5.